The van der Waals surface area contributed by atoms with Crippen LogP contribution in [0.4, 0.5) is 10.5 Å². The molecule has 1 aromatic rings. The second-order valence-electron chi connectivity index (χ2n) is 2.56. The highest BCUT2D eigenvalue weighted by Gasteiger charge is 1.99. The first-order chi connectivity index (χ1) is 6.95. The summed E-state index contributed by atoms with van der Waals surface area (Å²) in [6.07, 6.45) is -1.83. The minimum absolute atomic E-state index is 0.0520. The SMILES string of the molecule is CN(C(=N)N)c1ccccc1.O=C(O)O. The average Bonchev–Trinajstić information content (AvgIpc) is 2.17. The van der Waals surface area contributed by atoms with E-state index in [0.717, 1.165) is 5.69 Å². The Morgan fingerprint density at radius 2 is 1.73 bits per heavy atom. The van der Waals surface area contributed by atoms with Gasteiger partial charge in [0.2, 0.25) is 0 Å². The summed E-state index contributed by atoms with van der Waals surface area (Å²) < 4.78 is 0. The third-order valence-electron chi connectivity index (χ3n) is 1.50. The van der Waals surface area contributed by atoms with E-state index in [1.807, 2.05) is 30.3 Å². The van der Waals surface area contributed by atoms with Gasteiger partial charge in [0.25, 0.3) is 0 Å². The number of carboxylic acid groups (broad SMARTS) is 2. The molecule has 0 atom stereocenters. The first-order valence-electron chi connectivity index (χ1n) is 4.00. The Morgan fingerprint density at radius 3 is 2.07 bits per heavy atom. The lowest BCUT2D eigenvalue weighted by Gasteiger charge is -2.15. The number of nitrogens with zero attached hydrogens (tertiary/aromatic N) is 1. The molecule has 0 spiro atoms. The quantitative estimate of drug-likeness (QED) is 0.412. The molecule has 0 fully saturated rings. The number of benzene rings is 1. The molecular formula is C9H13N3O3. The van der Waals surface area contributed by atoms with Crippen molar-refractivity contribution in [1.29, 1.82) is 5.41 Å². The maximum atomic E-state index is 8.56. The molecule has 1 aromatic carbocycles. The van der Waals surface area contributed by atoms with Gasteiger partial charge in [-0.3, -0.25) is 5.41 Å². The molecule has 0 aliphatic carbocycles. The second-order valence-corrected chi connectivity index (χ2v) is 2.56. The van der Waals surface area contributed by atoms with Crippen molar-refractivity contribution in [2.24, 2.45) is 5.73 Å². The molecule has 0 aromatic heterocycles. The molecule has 0 radical (unpaired) electrons. The smallest absolute Gasteiger partial charge is 0.450 e. The summed E-state index contributed by atoms with van der Waals surface area (Å²) in [7, 11) is 1.76. The molecule has 0 amide bonds. The maximum Gasteiger partial charge on any atom is 0.503 e. The maximum absolute atomic E-state index is 8.56. The molecule has 6 nitrogen and oxygen atoms in total. The van der Waals surface area contributed by atoms with Crippen LogP contribution in [0.1, 0.15) is 0 Å². The Kier molecular flexibility index (Phi) is 5.32. The van der Waals surface area contributed by atoms with Crippen LogP contribution in [0.5, 0.6) is 0 Å². The van der Waals surface area contributed by atoms with E-state index in [-0.39, 0.29) is 5.96 Å². The van der Waals surface area contributed by atoms with Gasteiger partial charge in [-0.05, 0) is 12.1 Å². The lowest BCUT2D eigenvalue weighted by molar-refractivity contribution is 0.137. The molecule has 5 N–H and O–H groups in total. The number of anilines is 1. The Hall–Kier alpha value is -2.24. The third-order valence-corrected chi connectivity index (χ3v) is 1.50. The Morgan fingerprint density at radius 1 is 1.33 bits per heavy atom. The van der Waals surface area contributed by atoms with Crippen molar-refractivity contribution in [2.75, 3.05) is 11.9 Å². The number of para-hydroxylation sites is 1. The Labute approximate surface area is 87.1 Å². The normalized spacial score (nSPS) is 8.33. The molecule has 0 bridgehead atoms. The fourth-order valence-corrected chi connectivity index (χ4v) is 0.791. The van der Waals surface area contributed by atoms with E-state index in [9.17, 15) is 0 Å². The first-order valence-corrected chi connectivity index (χ1v) is 4.00. The van der Waals surface area contributed by atoms with Gasteiger partial charge in [-0.1, -0.05) is 18.2 Å². The van der Waals surface area contributed by atoms with Crippen molar-refractivity contribution in [2.45, 2.75) is 0 Å². The lowest BCUT2D eigenvalue weighted by atomic mass is 10.3. The van der Waals surface area contributed by atoms with Gasteiger partial charge < -0.3 is 20.8 Å². The van der Waals surface area contributed by atoms with Crippen LogP contribution in [-0.4, -0.2) is 29.4 Å². The summed E-state index contributed by atoms with van der Waals surface area (Å²) in [6.45, 7) is 0. The summed E-state index contributed by atoms with van der Waals surface area (Å²) in [5.41, 5.74) is 6.21. The molecule has 1 rings (SSSR count). The molecule has 0 unspecified atom stereocenters. The average molecular weight is 211 g/mol. The van der Waals surface area contributed by atoms with Crippen LogP contribution in [0.15, 0.2) is 30.3 Å². The van der Waals surface area contributed by atoms with Gasteiger partial charge in [-0.2, -0.15) is 0 Å². The molecule has 6 heteroatoms. The Balaban J connectivity index is 0.000000423. The molecule has 0 saturated heterocycles. The molecule has 82 valence electrons. The lowest BCUT2D eigenvalue weighted by Crippen LogP contribution is -2.32. The van der Waals surface area contributed by atoms with Gasteiger partial charge in [-0.15, -0.1) is 0 Å². The van der Waals surface area contributed by atoms with Crippen molar-refractivity contribution < 1.29 is 15.0 Å². The highest BCUT2D eigenvalue weighted by molar-refractivity contribution is 5.91. The van der Waals surface area contributed by atoms with Crippen molar-refractivity contribution >= 4 is 17.8 Å². The van der Waals surface area contributed by atoms with Crippen LogP contribution in [-0.2, 0) is 0 Å². The van der Waals surface area contributed by atoms with Crippen LogP contribution in [0.3, 0.4) is 0 Å². The predicted octanol–water partition coefficient (Wildman–Crippen LogP) is 1.24. The van der Waals surface area contributed by atoms with E-state index in [4.69, 9.17) is 26.2 Å². The van der Waals surface area contributed by atoms with E-state index in [1.54, 1.807) is 11.9 Å². The van der Waals surface area contributed by atoms with Crippen molar-refractivity contribution in [3.8, 4) is 0 Å². The predicted molar refractivity (Wildman–Crippen MR) is 57.4 cm³/mol. The van der Waals surface area contributed by atoms with E-state index < -0.39 is 6.16 Å². The summed E-state index contributed by atoms with van der Waals surface area (Å²) >= 11 is 0. The summed E-state index contributed by atoms with van der Waals surface area (Å²) in [5, 5.41) is 21.1. The van der Waals surface area contributed by atoms with Gasteiger partial charge in [0.05, 0.1) is 0 Å². The standard InChI is InChI=1S/C8H11N3.CH2O3/c1-11(8(9)10)7-5-3-2-4-6-7;2-1(3)4/h2-6H,1H3,(H3,9,10);(H2,2,3,4). The fraction of sp³-hybridized carbons (Fsp3) is 0.111. The first kappa shape index (κ1) is 12.8. The molecule has 0 aliphatic heterocycles. The van der Waals surface area contributed by atoms with Gasteiger partial charge in [-0.25, -0.2) is 4.79 Å². The number of carbonyl (C=O) groups is 1. The summed E-state index contributed by atoms with van der Waals surface area (Å²) in [5.74, 6) is 0.0520. The third kappa shape index (κ3) is 5.92. The molecular weight excluding hydrogens is 198 g/mol. The minimum Gasteiger partial charge on any atom is -0.450 e. The van der Waals surface area contributed by atoms with Crippen LogP contribution in [0.2, 0.25) is 0 Å². The van der Waals surface area contributed by atoms with Crippen LogP contribution < -0.4 is 10.6 Å². The van der Waals surface area contributed by atoms with E-state index in [2.05, 4.69) is 0 Å². The topological polar surface area (TPSA) is 111 Å². The van der Waals surface area contributed by atoms with Crippen LogP contribution in [0, 0.1) is 5.41 Å². The van der Waals surface area contributed by atoms with Crippen LogP contribution in [0.25, 0.3) is 0 Å². The Bertz CT molecular complexity index is 323. The van der Waals surface area contributed by atoms with Gasteiger partial charge in [0, 0.05) is 12.7 Å². The molecule has 0 aliphatic rings. The van der Waals surface area contributed by atoms with E-state index in [0.29, 0.717) is 0 Å². The summed E-state index contributed by atoms with van der Waals surface area (Å²) in [4.78, 5) is 10.2. The molecule has 0 heterocycles. The zero-order valence-electron chi connectivity index (χ0n) is 8.21. The highest BCUT2D eigenvalue weighted by atomic mass is 16.6. The number of hydrogen-bond acceptors (Lipinski definition) is 2. The number of nitrogens with two attached hydrogens (primary N) is 1. The zero-order valence-corrected chi connectivity index (χ0v) is 8.21. The number of rotatable bonds is 1. The second kappa shape index (κ2) is 6.25. The molecule has 15 heavy (non-hydrogen) atoms. The van der Waals surface area contributed by atoms with Gasteiger partial charge in [0.15, 0.2) is 5.96 Å². The van der Waals surface area contributed by atoms with Crippen molar-refractivity contribution in [3.63, 3.8) is 0 Å². The number of hydrogen-bond donors (Lipinski definition) is 4. The fourth-order valence-electron chi connectivity index (χ4n) is 0.791. The summed E-state index contributed by atoms with van der Waals surface area (Å²) in [6, 6.07) is 9.56. The number of guanidine groups is 1. The largest absolute Gasteiger partial charge is 0.503 e. The molecule has 0 saturated carbocycles. The number of nitrogens with one attached hydrogen (secondary N) is 1. The van der Waals surface area contributed by atoms with Crippen molar-refractivity contribution in [3.05, 3.63) is 30.3 Å². The van der Waals surface area contributed by atoms with E-state index >= 15 is 0 Å². The van der Waals surface area contributed by atoms with Gasteiger partial charge >= 0.3 is 6.16 Å². The highest BCUT2D eigenvalue weighted by Crippen LogP contribution is 2.09. The van der Waals surface area contributed by atoms with Gasteiger partial charge in [0.1, 0.15) is 0 Å². The minimum atomic E-state index is -1.83. The zero-order chi connectivity index (χ0) is 11.8. The monoisotopic (exact) mass is 211 g/mol. The van der Waals surface area contributed by atoms with Crippen molar-refractivity contribution in [1.82, 2.24) is 0 Å². The van der Waals surface area contributed by atoms with Crippen LogP contribution >= 0.6 is 0 Å². The van der Waals surface area contributed by atoms with E-state index in [1.165, 1.54) is 0 Å².